The molecule has 3 aromatic rings. The van der Waals surface area contributed by atoms with Gasteiger partial charge in [0.25, 0.3) is 0 Å². The molecular weight excluding hydrogens is 380 g/mol. The minimum Gasteiger partial charge on any atom is -0.508 e. The van der Waals surface area contributed by atoms with Gasteiger partial charge in [0.15, 0.2) is 0 Å². The lowest BCUT2D eigenvalue weighted by atomic mass is 9.80. The Morgan fingerprint density at radius 2 is 2.23 bits per heavy atom. The molecule has 156 valence electrons. The summed E-state index contributed by atoms with van der Waals surface area (Å²) in [6, 6.07) is 7.48. The minimum atomic E-state index is -0.115. The van der Waals surface area contributed by atoms with E-state index in [1.54, 1.807) is 12.4 Å². The number of phenols is 1. The molecule has 1 saturated heterocycles. The molecule has 1 aromatic carbocycles. The number of anilines is 1. The highest BCUT2D eigenvalue weighted by Crippen LogP contribution is 2.39. The van der Waals surface area contributed by atoms with E-state index < -0.39 is 0 Å². The number of aromatic nitrogens is 4. The Morgan fingerprint density at radius 3 is 3.07 bits per heavy atom. The molecule has 0 saturated carbocycles. The van der Waals surface area contributed by atoms with Crippen LogP contribution in [0.5, 0.6) is 5.75 Å². The topological polar surface area (TPSA) is 88.3 Å². The molecule has 4 heterocycles. The van der Waals surface area contributed by atoms with Gasteiger partial charge < -0.3 is 19.7 Å². The van der Waals surface area contributed by atoms with Crippen molar-refractivity contribution in [3.8, 4) is 5.75 Å². The summed E-state index contributed by atoms with van der Waals surface area (Å²) in [5, 5.41) is 13.1. The number of hydrogen-bond donors (Lipinski definition) is 2. The molecular formula is C22H26N6O2. The normalized spacial score (nSPS) is 21.1. The summed E-state index contributed by atoms with van der Waals surface area (Å²) in [5.41, 5.74) is 4.26. The second-order valence-electron chi connectivity index (χ2n) is 8.32. The Labute approximate surface area is 175 Å². The van der Waals surface area contributed by atoms with Crippen LogP contribution in [-0.2, 0) is 36.9 Å². The van der Waals surface area contributed by atoms with Crippen molar-refractivity contribution in [1.82, 2.24) is 24.4 Å². The fourth-order valence-electron chi connectivity index (χ4n) is 4.52. The predicted octanol–water partition coefficient (Wildman–Crippen LogP) is 2.20. The molecule has 0 amide bonds. The zero-order chi connectivity index (χ0) is 20.6. The van der Waals surface area contributed by atoms with Crippen LogP contribution in [-0.4, -0.2) is 49.2 Å². The number of rotatable bonds is 5. The quantitative estimate of drug-likeness (QED) is 0.672. The van der Waals surface area contributed by atoms with Crippen molar-refractivity contribution >= 4 is 5.95 Å². The first-order valence-corrected chi connectivity index (χ1v) is 10.2. The number of hydrogen-bond acceptors (Lipinski definition) is 7. The van der Waals surface area contributed by atoms with Gasteiger partial charge in [0.1, 0.15) is 5.75 Å². The molecule has 1 atom stereocenters. The van der Waals surface area contributed by atoms with Crippen LogP contribution in [0.15, 0.2) is 43.0 Å². The van der Waals surface area contributed by atoms with Crippen LogP contribution < -0.4 is 5.32 Å². The van der Waals surface area contributed by atoms with Gasteiger partial charge in [-0.1, -0.05) is 12.1 Å². The highest BCUT2D eigenvalue weighted by molar-refractivity contribution is 5.37. The van der Waals surface area contributed by atoms with E-state index in [0.717, 1.165) is 48.6 Å². The average Bonchev–Trinajstić information content (AvgIpc) is 3.33. The maximum Gasteiger partial charge on any atom is 0.223 e. The van der Waals surface area contributed by atoms with Crippen LogP contribution in [0.3, 0.4) is 0 Å². The Morgan fingerprint density at radius 1 is 1.30 bits per heavy atom. The van der Waals surface area contributed by atoms with Crippen molar-refractivity contribution in [1.29, 1.82) is 0 Å². The molecule has 30 heavy (non-hydrogen) atoms. The third-order valence-corrected chi connectivity index (χ3v) is 6.10. The SMILES string of the molecule is Cn1cncc1CNc1ncc2c(n1)C1(CCN(Cc3cccc(O)c3)C1)COC2. The van der Waals surface area contributed by atoms with Crippen LogP contribution in [0.2, 0.25) is 0 Å². The van der Waals surface area contributed by atoms with Crippen LogP contribution in [0, 0.1) is 0 Å². The second-order valence-corrected chi connectivity index (χ2v) is 8.32. The predicted molar refractivity (Wildman–Crippen MR) is 112 cm³/mol. The Balaban J connectivity index is 1.34. The molecule has 8 nitrogen and oxygen atoms in total. The van der Waals surface area contributed by atoms with Gasteiger partial charge >= 0.3 is 0 Å². The van der Waals surface area contributed by atoms with E-state index in [1.165, 1.54) is 0 Å². The van der Waals surface area contributed by atoms with Crippen molar-refractivity contribution < 1.29 is 9.84 Å². The third-order valence-electron chi connectivity index (χ3n) is 6.10. The molecule has 1 fully saturated rings. The number of nitrogens with zero attached hydrogens (tertiary/aromatic N) is 5. The summed E-state index contributed by atoms with van der Waals surface area (Å²) in [4.78, 5) is 16.0. The van der Waals surface area contributed by atoms with Crippen LogP contribution in [0.25, 0.3) is 0 Å². The largest absolute Gasteiger partial charge is 0.508 e. The smallest absolute Gasteiger partial charge is 0.223 e. The number of likely N-dealkylation sites (tertiary alicyclic amines) is 1. The second kappa shape index (κ2) is 7.70. The Kier molecular flexibility index (Phi) is 4.88. The van der Waals surface area contributed by atoms with Gasteiger partial charge in [0.2, 0.25) is 5.95 Å². The van der Waals surface area contributed by atoms with Gasteiger partial charge in [-0.2, -0.15) is 0 Å². The number of aromatic hydroxyl groups is 1. The zero-order valence-electron chi connectivity index (χ0n) is 17.1. The van der Waals surface area contributed by atoms with Crippen LogP contribution >= 0.6 is 0 Å². The first-order valence-electron chi connectivity index (χ1n) is 10.2. The maximum atomic E-state index is 9.76. The highest BCUT2D eigenvalue weighted by atomic mass is 16.5. The Bertz CT molecular complexity index is 1050. The third kappa shape index (κ3) is 3.64. The summed E-state index contributed by atoms with van der Waals surface area (Å²) in [5.74, 6) is 0.951. The number of ether oxygens (including phenoxy) is 1. The molecule has 5 rings (SSSR count). The van der Waals surface area contributed by atoms with Crippen molar-refractivity contribution in [3.63, 3.8) is 0 Å². The lowest BCUT2D eigenvalue weighted by Crippen LogP contribution is -2.40. The lowest BCUT2D eigenvalue weighted by molar-refractivity contribution is 0.0503. The van der Waals surface area contributed by atoms with Crippen molar-refractivity contribution in [2.45, 2.75) is 31.5 Å². The van der Waals surface area contributed by atoms with Gasteiger partial charge in [0.05, 0.1) is 42.9 Å². The summed E-state index contributed by atoms with van der Waals surface area (Å²) >= 11 is 0. The maximum absolute atomic E-state index is 9.76. The first kappa shape index (κ1) is 19.0. The standard InChI is InChI=1S/C22H26N6O2/c1-27-15-23-9-18(27)10-25-21-24-8-17-12-30-14-22(20(17)26-21)5-6-28(13-22)11-16-3-2-4-19(29)7-16/h2-4,7-9,15,29H,5-6,10-14H2,1H3,(H,24,25,26). The van der Waals surface area contributed by atoms with Crippen molar-refractivity contribution in [2.75, 3.05) is 25.0 Å². The van der Waals surface area contributed by atoms with E-state index in [1.807, 2.05) is 36.1 Å². The van der Waals surface area contributed by atoms with E-state index in [9.17, 15) is 5.11 Å². The Hall–Kier alpha value is -2.97. The summed E-state index contributed by atoms with van der Waals surface area (Å²) in [6.45, 7) is 4.53. The molecule has 2 aliphatic rings. The minimum absolute atomic E-state index is 0.115. The van der Waals surface area contributed by atoms with E-state index in [-0.39, 0.29) is 5.41 Å². The first-order chi connectivity index (χ1) is 14.6. The summed E-state index contributed by atoms with van der Waals surface area (Å²) in [6.07, 6.45) is 6.53. The van der Waals surface area contributed by atoms with E-state index in [4.69, 9.17) is 9.72 Å². The molecule has 0 radical (unpaired) electrons. The number of phenolic OH excluding ortho intramolecular Hbond substituents is 1. The van der Waals surface area contributed by atoms with Gasteiger partial charge in [-0.05, 0) is 30.7 Å². The monoisotopic (exact) mass is 406 g/mol. The van der Waals surface area contributed by atoms with Crippen LogP contribution in [0.4, 0.5) is 5.95 Å². The molecule has 2 N–H and O–H groups in total. The molecule has 1 spiro atoms. The average molecular weight is 406 g/mol. The van der Waals surface area contributed by atoms with E-state index >= 15 is 0 Å². The van der Waals surface area contributed by atoms with E-state index in [0.29, 0.717) is 31.5 Å². The van der Waals surface area contributed by atoms with Gasteiger partial charge in [0, 0.05) is 38.1 Å². The number of imidazole rings is 1. The fraction of sp³-hybridized carbons (Fsp3) is 0.409. The number of aryl methyl sites for hydroxylation is 1. The number of benzene rings is 1. The summed E-state index contributed by atoms with van der Waals surface area (Å²) in [7, 11) is 1.98. The van der Waals surface area contributed by atoms with Crippen molar-refractivity contribution in [2.24, 2.45) is 7.05 Å². The number of nitrogens with one attached hydrogen (secondary N) is 1. The molecule has 0 aliphatic carbocycles. The molecule has 8 heteroatoms. The number of fused-ring (bicyclic) bond motifs is 2. The summed E-state index contributed by atoms with van der Waals surface area (Å²) < 4.78 is 7.93. The van der Waals surface area contributed by atoms with Gasteiger partial charge in [-0.3, -0.25) is 4.90 Å². The lowest BCUT2D eigenvalue weighted by Gasteiger charge is -2.34. The fourth-order valence-corrected chi connectivity index (χ4v) is 4.52. The van der Waals surface area contributed by atoms with Gasteiger partial charge in [-0.15, -0.1) is 0 Å². The molecule has 2 aromatic heterocycles. The molecule has 0 bridgehead atoms. The van der Waals surface area contributed by atoms with Crippen molar-refractivity contribution in [3.05, 3.63) is 65.5 Å². The van der Waals surface area contributed by atoms with Crippen LogP contribution in [0.1, 0.15) is 28.9 Å². The highest BCUT2D eigenvalue weighted by Gasteiger charge is 2.44. The van der Waals surface area contributed by atoms with Gasteiger partial charge in [-0.25, -0.2) is 15.0 Å². The molecule has 1 unspecified atom stereocenters. The zero-order valence-corrected chi connectivity index (χ0v) is 17.1. The molecule has 2 aliphatic heterocycles. The van der Waals surface area contributed by atoms with E-state index in [2.05, 4.69) is 26.3 Å².